The van der Waals surface area contributed by atoms with Crippen LogP contribution in [0.3, 0.4) is 0 Å². The lowest BCUT2D eigenvalue weighted by molar-refractivity contribution is 0.0907. The number of hydrogen-bond acceptors (Lipinski definition) is 2. The lowest BCUT2D eigenvalue weighted by Gasteiger charge is -2.30. The molecule has 1 aliphatic rings. The second-order valence-corrected chi connectivity index (χ2v) is 6.28. The molecule has 1 fully saturated rings. The summed E-state index contributed by atoms with van der Waals surface area (Å²) in [7, 11) is 1.87. The lowest BCUT2D eigenvalue weighted by Crippen LogP contribution is -2.46. The van der Waals surface area contributed by atoms with Gasteiger partial charge in [-0.1, -0.05) is 19.3 Å². The Morgan fingerprint density at radius 2 is 2.21 bits per heavy atom. The fraction of sp³-hybridized carbons (Fsp3) is 0.643. The number of aromatic nitrogens is 1. The van der Waals surface area contributed by atoms with Crippen molar-refractivity contribution in [1.29, 1.82) is 0 Å². The largest absolute Gasteiger partial charge is 0.346 e. The molecule has 1 saturated carbocycles. The zero-order valence-corrected chi connectivity index (χ0v) is 12.9. The fourth-order valence-electron chi connectivity index (χ4n) is 2.90. The summed E-state index contributed by atoms with van der Waals surface area (Å²) in [5.74, 6) is 0.501. The van der Waals surface area contributed by atoms with Gasteiger partial charge in [-0.2, -0.15) is 0 Å². The number of nitrogens with one attached hydrogen (secondary N) is 1. The van der Waals surface area contributed by atoms with Gasteiger partial charge < -0.3 is 15.6 Å². The summed E-state index contributed by atoms with van der Waals surface area (Å²) in [5.41, 5.74) is 6.51. The number of aryl methyl sites for hydroxylation is 1. The van der Waals surface area contributed by atoms with Crippen molar-refractivity contribution in [1.82, 2.24) is 9.88 Å². The average molecular weight is 328 g/mol. The Hall–Kier alpha value is -0.810. The molecule has 1 aliphatic carbocycles. The molecule has 1 aromatic rings. The third kappa shape index (κ3) is 3.60. The van der Waals surface area contributed by atoms with Gasteiger partial charge in [0.05, 0.1) is 0 Å². The van der Waals surface area contributed by atoms with Crippen LogP contribution in [-0.2, 0) is 7.05 Å². The van der Waals surface area contributed by atoms with Gasteiger partial charge in [0.25, 0.3) is 5.91 Å². The van der Waals surface area contributed by atoms with Crippen molar-refractivity contribution in [2.24, 2.45) is 18.7 Å². The van der Waals surface area contributed by atoms with Crippen LogP contribution in [0.5, 0.6) is 0 Å². The van der Waals surface area contributed by atoms with E-state index < -0.39 is 0 Å². The molecule has 2 rings (SSSR count). The SMILES string of the molecule is Cn1cc(Br)cc1C(=O)NC(CN)C1CCCCC1. The number of hydrogen-bond donors (Lipinski definition) is 2. The maximum atomic E-state index is 12.3. The molecule has 0 spiro atoms. The van der Waals surface area contributed by atoms with Gasteiger partial charge in [-0.15, -0.1) is 0 Å². The number of halogens is 1. The number of nitrogens with zero attached hydrogens (tertiary/aromatic N) is 1. The van der Waals surface area contributed by atoms with Crippen molar-refractivity contribution >= 4 is 21.8 Å². The Kier molecular flexibility index (Phi) is 5.05. The second-order valence-electron chi connectivity index (χ2n) is 5.37. The molecule has 106 valence electrons. The van der Waals surface area contributed by atoms with Crippen molar-refractivity contribution in [3.63, 3.8) is 0 Å². The van der Waals surface area contributed by atoms with E-state index in [0.717, 1.165) is 4.47 Å². The Bertz CT molecular complexity index is 438. The molecule has 0 aromatic carbocycles. The maximum Gasteiger partial charge on any atom is 0.268 e. The highest BCUT2D eigenvalue weighted by molar-refractivity contribution is 9.10. The van der Waals surface area contributed by atoms with Crippen LogP contribution in [0, 0.1) is 5.92 Å². The molecule has 4 nitrogen and oxygen atoms in total. The smallest absolute Gasteiger partial charge is 0.268 e. The van der Waals surface area contributed by atoms with E-state index in [0.29, 0.717) is 18.2 Å². The van der Waals surface area contributed by atoms with E-state index >= 15 is 0 Å². The van der Waals surface area contributed by atoms with Gasteiger partial charge in [0.15, 0.2) is 0 Å². The van der Waals surface area contributed by atoms with Crippen LogP contribution in [-0.4, -0.2) is 23.1 Å². The Balaban J connectivity index is 2.01. The van der Waals surface area contributed by atoms with Crippen molar-refractivity contribution in [3.05, 3.63) is 22.4 Å². The van der Waals surface area contributed by atoms with E-state index in [4.69, 9.17) is 5.73 Å². The third-order valence-corrected chi connectivity index (χ3v) is 4.43. The van der Waals surface area contributed by atoms with Gasteiger partial charge in [0, 0.05) is 30.3 Å². The molecule has 5 heteroatoms. The second kappa shape index (κ2) is 6.57. The van der Waals surface area contributed by atoms with E-state index in [1.165, 1.54) is 32.1 Å². The molecule has 0 aliphatic heterocycles. The van der Waals surface area contributed by atoms with E-state index in [1.54, 1.807) is 0 Å². The number of amides is 1. The zero-order valence-electron chi connectivity index (χ0n) is 11.4. The minimum Gasteiger partial charge on any atom is -0.346 e. The summed E-state index contributed by atoms with van der Waals surface area (Å²) in [6, 6.07) is 1.94. The topological polar surface area (TPSA) is 60.0 Å². The highest BCUT2D eigenvalue weighted by Crippen LogP contribution is 2.26. The third-order valence-electron chi connectivity index (χ3n) is 3.99. The standard InChI is InChI=1S/C14H22BrN3O/c1-18-9-11(15)7-13(18)14(19)17-12(8-16)10-5-3-2-4-6-10/h7,9-10,12H,2-6,8,16H2,1H3,(H,17,19). The highest BCUT2D eigenvalue weighted by Gasteiger charge is 2.25. The van der Waals surface area contributed by atoms with Crippen LogP contribution in [0.1, 0.15) is 42.6 Å². The van der Waals surface area contributed by atoms with Crippen molar-refractivity contribution in [3.8, 4) is 0 Å². The number of carbonyl (C=O) groups excluding carboxylic acids is 1. The minimum absolute atomic E-state index is 0.0331. The molecule has 1 amide bonds. The van der Waals surface area contributed by atoms with Crippen LogP contribution in [0.4, 0.5) is 0 Å². The molecule has 0 radical (unpaired) electrons. The quantitative estimate of drug-likeness (QED) is 0.892. The zero-order chi connectivity index (χ0) is 13.8. The molecular weight excluding hydrogens is 306 g/mol. The van der Waals surface area contributed by atoms with Gasteiger partial charge >= 0.3 is 0 Å². The number of nitrogens with two attached hydrogens (primary N) is 1. The predicted octanol–water partition coefficient (Wildman–Crippen LogP) is 2.43. The van der Waals surface area contributed by atoms with Crippen LogP contribution < -0.4 is 11.1 Å². The van der Waals surface area contributed by atoms with Gasteiger partial charge in [-0.25, -0.2) is 0 Å². The van der Waals surface area contributed by atoms with Gasteiger partial charge in [-0.3, -0.25) is 4.79 Å². The molecule has 0 bridgehead atoms. The van der Waals surface area contributed by atoms with Crippen molar-refractivity contribution < 1.29 is 4.79 Å². The molecule has 1 unspecified atom stereocenters. The number of rotatable bonds is 4. The van der Waals surface area contributed by atoms with Gasteiger partial charge in [0.2, 0.25) is 0 Å². The first-order valence-corrected chi connectivity index (χ1v) is 7.74. The van der Waals surface area contributed by atoms with Crippen molar-refractivity contribution in [2.45, 2.75) is 38.1 Å². The predicted molar refractivity (Wildman–Crippen MR) is 80.0 cm³/mol. The van der Waals surface area contributed by atoms with E-state index in [-0.39, 0.29) is 11.9 Å². The Labute approximate surface area is 122 Å². The summed E-state index contributed by atoms with van der Waals surface area (Å²) < 4.78 is 2.75. The minimum atomic E-state index is -0.0331. The van der Waals surface area contributed by atoms with Crippen molar-refractivity contribution in [2.75, 3.05) is 6.54 Å². The highest BCUT2D eigenvalue weighted by atomic mass is 79.9. The molecule has 19 heavy (non-hydrogen) atoms. The molecule has 1 aromatic heterocycles. The number of carbonyl (C=O) groups is 1. The van der Waals surface area contributed by atoms with Crippen LogP contribution in [0.25, 0.3) is 0 Å². The first-order chi connectivity index (χ1) is 9.11. The molecule has 1 atom stereocenters. The molecular formula is C14H22BrN3O. The van der Waals surface area contributed by atoms with Gasteiger partial charge in [-0.05, 0) is 40.8 Å². The van der Waals surface area contributed by atoms with E-state index in [2.05, 4.69) is 21.2 Å². The van der Waals surface area contributed by atoms with E-state index in [1.807, 2.05) is 23.9 Å². The molecule has 1 heterocycles. The summed E-state index contributed by atoms with van der Waals surface area (Å²) in [5, 5.41) is 3.10. The van der Waals surface area contributed by atoms with E-state index in [9.17, 15) is 4.79 Å². The summed E-state index contributed by atoms with van der Waals surface area (Å²) >= 11 is 3.39. The van der Waals surface area contributed by atoms with Crippen LogP contribution >= 0.6 is 15.9 Å². The van der Waals surface area contributed by atoms with Crippen LogP contribution in [0.2, 0.25) is 0 Å². The summed E-state index contributed by atoms with van der Waals surface area (Å²) in [6.07, 6.45) is 8.07. The molecule has 3 N–H and O–H groups in total. The average Bonchev–Trinajstić information content (AvgIpc) is 2.76. The lowest BCUT2D eigenvalue weighted by atomic mass is 9.84. The summed E-state index contributed by atoms with van der Waals surface area (Å²) in [6.45, 7) is 0.516. The Morgan fingerprint density at radius 3 is 2.74 bits per heavy atom. The Morgan fingerprint density at radius 1 is 1.53 bits per heavy atom. The first kappa shape index (κ1) is 14.6. The first-order valence-electron chi connectivity index (χ1n) is 6.94. The van der Waals surface area contributed by atoms with Crippen LogP contribution in [0.15, 0.2) is 16.7 Å². The fourth-order valence-corrected chi connectivity index (χ4v) is 3.42. The monoisotopic (exact) mass is 327 g/mol. The molecule has 0 saturated heterocycles. The normalized spacial score (nSPS) is 18.3. The maximum absolute atomic E-state index is 12.3. The summed E-state index contributed by atoms with van der Waals surface area (Å²) in [4.78, 5) is 12.3. The van der Waals surface area contributed by atoms with Gasteiger partial charge in [0.1, 0.15) is 5.69 Å².